The Hall–Kier alpha value is -1.87. The quantitative estimate of drug-likeness (QED) is 0.914. The highest BCUT2D eigenvalue weighted by molar-refractivity contribution is 5.90. The average molecular weight is 272 g/mol. The van der Waals surface area contributed by atoms with Crippen LogP contribution >= 0.6 is 0 Å². The first-order chi connectivity index (χ1) is 9.34. The predicted octanol–water partition coefficient (Wildman–Crippen LogP) is 3.62. The number of benzene rings is 1. The van der Waals surface area contributed by atoms with Crippen LogP contribution in [-0.2, 0) is 14.9 Å². The zero-order valence-electron chi connectivity index (χ0n) is 12.1. The predicted molar refractivity (Wildman–Crippen MR) is 78.7 cm³/mol. The molecule has 3 heteroatoms. The maximum Gasteiger partial charge on any atom is 0.334 e. The van der Waals surface area contributed by atoms with E-state index in [9.17, 15) is 9.90 Å². The molecule has 1 aromatic carbocycles. The minimum atomic E-state index is -0.942. The first-order valence-corrected chi connectivity index (χ1v) is 6.65. The number of carboxylic acid groups (broad SMARTS) is 1. The molecule has 20 heavy (non-hydrogen) atoms. The van der Waals surface area contributed by atoms with Gasteiger partial charge in [0.1, 0.15) is 6.10 Å². The van der Waals surface area contributed by atoms with E-state index in [0.717, 1.165) is 5.56 Å². The second kappa shape index (κ2) is 5.25. The van der Waals surface area contributed by atoms with Crippen LogP contribution < -0.4 is 0 Å². The summed E-state index contributed by atoms with van der Waals surface area (Å²) in [4.78, 5) is 11.4. The molecule has 1 aromatic rings. The third-order valence-corrected chi connectivity index (χ3v) is 3.57. The Labute approximate surface area is 119 Å². The van der Waals surface area contributed by atoms with Crippen LogP contribution in [0, 0.1) is 0 Å². The van der Waals surface area contributed by atoms with Crippen LogP contribution in [0.2, 0.25) is 0 Å². The third-order valence-electron chi connectivity index (χ3n) is 3.57. The Morgan fingerprint density at radius 1 is 1.35 bits per heavy atom. The standard InChI is InChI=1S/C17H20O3/c1-5-11-10-20-15(14(11)16(18)19)12-6-8-13(9-7-12)17(2,3)4/h5-9,15H,1,10H2,2-4H3,(H,18,19). The van der Waals surface area contributed by atoms with Gasteiger partial charge in [0, 0.05) is 0 Å². The van der Waals surface area contributed by atoms with Crippen molar-refractivity contribution in [2.24, 2.45) is 0 Å². The van der Waals surface area contributed by atoms with Crippen molar-refractivity contribution in [1.29, 1.82) is 0 Å². The molecule has 1 atom stereocenters. The monoisotopic (exact) mass is 272 g/mol. The van der Waals surface area contributed by atoms with E-state index >= 15 is 0 Å². The molecule has 1 unspecified atom stereocenters. The minimum Gasteiger partial charge on any atom is -0.478 e. The fraction of sp³-hybridized carbons (Fsp3) is 0.353. The number of carboxylic acids is 1. The topological polar surface area (TPSA) is 46.5 Å². The van der Waals surface area contributed by atoms with E-state index in [0.29, 0.717) is 17.8 Å². The number of aliphatic carboxylic acids is 1. The summed E-state index contributed by atoms with van der Waals surface area (Å²) >= 11 is 0. The van der Waals surface area contributed by atoms with Gasteiger partial charge in [0.05, 0.1) is 12.2 Å². The van der Waals surface area contributed by atoms with E-state index in [1.54, 1.807) is 6.08 Å². The van der Waals surface area contributed by atoms with Crippen molar-refractivity contribution in [3.05, 3.63) is 59.2 Å². The largest absolute Gasteiger partial charge is 0.478 e. The molecule has 0 spiro atoms. The van der Waals surface area contributed by atoms with Crippen LogP contribution in [0.5, 0.6) is 0 Å². The van der Waals surface area contributed by atoms with Crippen LogP contribution in [0.3, 0.4) is 0 Å². The van der Waals surface area contributed by atoms with E-state index in [-0.39, 0.29) is 5.41 Å². The molecule has 2 rings (SSSR count). The smallest absolute Gasteiger partial charge is 0.334 e. The van der Waals surface area contributed by atoms with Crippen molar-refractivity contribution < 1.29 is 14.6 Å². The summed E-state index contributed by atoms with van der Waals surface area (Å²) in [5.41, 5.74) is 3.11. The second-order valence-corrected chi connectivity index (χ2v) is 6.01. The molecule has 1 aliphatic heterocycles. The fourth-order valence-electron chi connectivity index (χ4n) is 2.34. The van der Waals surface area contributed by atoms with Crippen LogP contribution in [0.4, 0.5) is 0 Å². The van der Waals surface area contributed by atoms with Crippen molar-refractivity contribution in [3.8, 4) is 0 Å². The summed E-state index contributed by atoms with van der Waals surface area (Å²) in [6.45, 7) is 10.4. The summed E-state index contributed by atoms with van der Waals surface area (Å²) in [6, 6.07) is 7.95. The highest BCUT2D eigenvalue weighted by atomic mass is 16.5. The van der Waals surface area contributed by atoms with Gasteiger partial charge < -0.3 is 9.84 Å². The van der Waals surface area contributed by atoms with Gasteiger partial charge in [0.2, 0.25) is 0 Å². The number of hydrogen-bond acceptors (Lipinski definition) is 2. The van der Waals surface area contributed by atoms with Gasteiger partial charge >= 0.3 is 5.97 Å². The molecule has 1 aliphatic rings. The Morgan fingerprint density at radius 2 is 1.95 bits per heavy atom. The molecule has 0 radical (unpaired) electrons. The van der Waals surface area contributed by atoms with Crippen molar-refractivity contribution in [2.45, 2.75) is 32.3 Å². The Kier molecular flexibility index (Phi) is 3.82. The molecule has 3 nitrogen and oxygen atoms in total. The first-order valence-electron chi connectivity index (χ1n) is 6.65. The van der Waals surface area contributed by atoms with Crippen LogP contribution in [0.25, 0.3) is 0 Å². The molecular weight excluding hydrogens is 252 g/mol. The summed E-state index contributed by atoms with van der Waals surface area (Å²) in [5.74, 6) is -0.942. The number of hydrogen-bond donors (Lipinski definition) is 1. The summed E-state index contributed by atoms with van der Waals surface area (Å²) < 4.78 is 5.62. The molecule has 106 valence electrons. The lowest BCUT2D eigenvalue weighted by molar-refractivity contribution is -0.133. The second-order valence-electron chi connectivity index (χ2n) is 6.01. The highest BCUT2D eigenvalue weighted by Crippen LogP contribution is 2.35. The minimum absolute atomic E-state index is 0.0762. The van der Waals surface area contributed by atoms with Gasteiger partial charge in [-0.05, 0) is 22.1 Å². The Balaban J connectivity index is 2.35. The molecule has 0 saturated carbocycles. The maximum absolute atomic E-state index is 11.4. The Morgan fingerprint density at radius 3 is 2.40 bits per heavy atom. The number of rotatable bonds is 3. The van der Waals surface area contributed by atoms with Gasteiger partial charge in [0.25, 0.3) is 0 Å². The summed E-state index contributed by atoms with van der Waals surface area (Å²) in [7, 11) is 0. The molecule has 0 aromatic heterocycles. The first kappa shape index (κ1) is 14.5. The molecule has 0 aliphatic carbocycles. The van der Waals surface area contributed by atoms with Crippen molar-refractivity contribution in [3.63, 3.8) is 0 Å². The molecule has 0 saturated heterocycles. The molecule has 0 bridgehead atoms. The van der Waals surface area contributed by atoms with E-state index in [1.807, 2.05) is 24.3 Å². The van der Waals surface area contributed by atoms with E-state index in [2.05, 4.69) is 27.4 Å². The molecular formula is C17H20O3. The average Bonchev–Trinajstić information content (AvgIpc) is 2.81. The molecule has 0 amide bonds. The third kappa shape index (κ3) is 2.68. The highest BCUT2D eigenvalue weighted by Gasteiger charge is 2.31. The lowest BCUT2D eigenvalue weighted by atomic mass is 9.86. The zero-order chi connectivity index (χ0) is 14.9. The number of ether oxygens (including phenoxy) is 1. The van der Waals surface area contributed by atoms with Crippen LogP contribution in [0.1, 0.15) is 38.0 Å². The van der Waals surface area contributed by atoms with Crippen molar-refractivity contribution >= 4 is 5.97 Å². The molecule has 1 heterocycles. The van der Waals surface area contributed by atoms with E-state index in [1.165, 1.54) is 5.56 Å². The Bertz CT molecular complexity index is 559. The lowest BCUT2D eigenvalue weighted by Crippen LogP contribution is -2.12. The van der Waals surface area contributed by atoms with Crippen LogP contribution in [-0.4, -0.2) is 17.7 Å². The lowest BCUT2D eigenvalue weighted by Gasteiger charge is -2.20. The van der Waals surface area contributed by atoms with Crippen LogP contribution in [0.15, 0.2) is 48.1 Å². The maximum atomic E-state index is 11.4. The summed E-state index contributed by atoms with van der Waals surface area (Å²) in [6.07, 6.45) is 1.06. The van der Waals surface area contributed by atoms with Gasteiger partial charge in [0.15, 0.2) is 0 Å². The SMILES string of the molecule is C=CC1=C(C(=O)O)C(c2ccc(C(C)(C)C)cc2)OC1. The van der Waals surface area contributed by atoms with Crippen molar-refractivity contribution in [2.75, 3.05) is 6.61 Å². The molecule has 1 N–H and O–H groups in total. The van der Waals surface area contributed by atoms with Gasteiger partial charge in [-0.25, -0.2) is 4.79 Å². The van der Waals surface area contributed by atoms with Gasteiger partial charge in [-0.3, -0.25) is 0 Å². The fourth-order valence-corrected chi connectivity index (χ4v) is 2.34. The molecule has 0 fully saturated rings. The van der Waals surface area contributed by atoms with Crippen molar-refractivity contribution in [1.82, 2.24) is 0 Å². The van der Waals surface area contributed by atoms with E-state index in [4.69, 9.17) is 4.74 Å². The van der Waals surface area contributed by atoms with Gasteiger partial charge in [-0.2, -0.15) is 0 Å². The normalized spacial score (nSPS) is 19.2. The number of carbonyl (C=O) groups is 1. The zero-order valence-corrected chi connectivity index (χ0v) is 12.1. The summed E-state index contributed by atoms with van der Waals surface area (Å²) in [5, 5.41) is 9.34. The van der Waals surface area contributed by atoms with Gasteiger partial charge in [-0.15, -0.1) is 0 Å². The van der Waals surface area contributed by atoms with Gasteiger partial charge in [-0.1, -0.05) is 57.7 Å². The van der Waals surface area contributed by atoms with E-state index < -0.39 is 12.1 Å².